The van der Waals surface area contributed by atoms with Gasteiger partial charge in [0.2, 0.25) is 5.91 Å². The van der Waals surface area contributed by atoms with Crippen molar-refractivity contribution >= 4 is 33.5 Å². The highest BCUT2D eigenvalue weighted by molar-refractivity contribution is 6.08. The molecule has 0 radical (unpaired) electrons. The number of furan rings is 1. The van der Waals surface area contributed by atoms with Crippen molar-refractivity contribution in [2.24, 2.45) is 0 Å². The van der Waals surface area contributed by atoms with Gasteiger partial charge in [0.25, 0.3) is 0 Å². The van der Waals surface area contributed by atoms with Gasteiger partial charge in [-0.05, 0) is 32.2 Å². The first-order valence-electron chi connectivity index (χ1n) is 9.71. The van der Waals surface area contributed by atoms with Crippen LogP contribution in [0, 0.1) is 5.82 Å². The van der Waals surface area contributed by atoms with Crippen molar-refractivity contribution < 1.29 is 18.3 Å². The number of halogens is 1. The van der Waals surface area contributed by atoms with Crippen LogP contribution in [0.1, 0.15) is 12.5 Å². The monoisotopic (exact) mass is 406 g/mol. The molecule has 0 spiro atoms. The predicted molar refractivity (Wildman–Crippen MR) is 116 cm³/mol. The second-order valence-corrected chi connectivity index (χ2v) is 7.32. The third kappa shape index (κ3) is 3.74. The van der Waals surface area contributed by atoms with Crippen LogP contribution in [0.4, 0.5) is 10.1 Å². The summed E-state index contributed by atoms with van der Waals surface area (Å²) in [5, 5.41) is 4.83. The lowest BCUT2D eigenvalue weighted by Gasteiger charge is -2.24. The number of methoxy groups -OCH3 is 1. The third-order valence-electron chi connectivity index (χ3n) is 5.37. The SMILES string of the molecule is COc1cc2c(cc1NC(=O)[C@@H](C)N(C)Cc1ccccc1F)oc1ccccc12. The molecular formula is C24H23FN2O3. The van der Waals surface area contributed by atoms with Gasteiger partial charge in [0.05, 0.1) is 18.8 Å². The highest BCUT2D eigenvalue weighted by Crippen LogP contribution is 2.36. The Hall–Kier alpha value is -3.38. The number of carbonyl (C=O) groups excluding carboxylic acids is 1. The summed E-state index contributed by atoms with van der Waals surface area (Å²) >= 11 is 0. The molecule has 1 amide bonds. The molecule has 6 heteroatoms. The van der Waals surface area contributed by atoms with Crippen LogP contribution < -0.4 is 10.1 Å². The lowest BCUT2D eigenvalue weighted by molar-refractivity contribution is -0.120. The molecule has 1 atom stereocenters. The number of fused-ring (bicyclic) bond motifs is 3. The molecule has 1 N–H and O–H groups in total. The van der Waals surface area contributed by atoms with Crippen molar-refractivity contribution in [1.29, 1.82) is 0 Å². The molecule has 3 aromatic carbocycles. The minimum Gasteiger partial charge on any atom is -0.495 e. The Morgan fingerprint density at radius 2 is 1.83 bits per heavy atom. The number of amides is 1. The Morgan fingerprint density at radius 3 is 2.60 bits per heavy atom. The minimum absolute atomic E-state index is 0.220. The maximum Gasteiger partial charge on any atom is 0.241 e. The van der Waals surface area contributed by atoms with E-state index in [2.05, 4.69) is 5.32 Å². The van der Waals surface area contributed by atoms with E-state index in [4.69, 9.17) is 9.15 Å². The fourth-order valence-electron chi connectivity index (χ4n) is 3.49. The zero-order valence-corrected chi connectivity index (χ0v) is 17.1. The number of para-hydroxylation sites is 1. The molecule has 0 saturated carbocycles. The van der Waals surface area contributed by atoms with E-state index in [9.17, 15) is 9.18 Å². The Bertz CT molecular complexity index is 1220. The van der Waals surface area contributed by atoms with Crippen LogP contribution in [0.15, 0.2) is 65.1 Å². The Labute approximate surface area is 174 Å². The number of hydrogen-bond acceptors (Lipinski definition) is 4. The summed E-state index contributed by atoms with van der Waals surface area (Å²) in [6.07, 6.45) is 0. The van der Waals surface area contributed by atoms with Crippen LogP contribution in [0.25, 0.3) is 21.9 Å². The Kier molecular flexibility index (Phi) is 5.42. The average molecular weight is 406 g/mol. The standard InChI is InChI=1S/C24H23FN2O3/c1-15(27(2)14-16-8-4-6-10-19(16)25)24(28)26-20-13-22-18(12-23(20)29-3)17-9-5-7-11-21(17)30-22/h4-13,15H,14H2,1-3H3,(H,26,28)/t15-/m1/s1. The normalized spacial score (nSPS) is 12.4. The lowest BCUT2D eigenvalue weighted by atomic mass is 10.1. The van der Waals surface area contributed by atoms with Gasteiger partial charge in [-0.15, -0.1) is 0 Å². The van der Waals surface area contributed by atoms with E-state index < -0.39 is 6.04 Å². The third-order valence-corrected chi connectivity index (χ3v) is 5.37. The number of anilines is 1. The van der Waals surface area contributed by atoms with Crippen LogP contribution in [-0.4, -0.2) is 31.0 Å². The number of nitrogens with zero attached hydrogens (tertiary/aromatic N) is 1. The van der Waals surface area contributed by atoms with E-state index >= 15 is 0 Å². The van der Waals surface area contributed by atoms with Gasteiger partial charge >= 0.3 is 0 Å². The highest BCUT2D eigenvalue weighted by Gasteiger charge is 2.21. The first kappa shape index (κ1) is 19.9. The molecule has 0 aliphatic heterocycles. The van der Waals surface area contributed by atoms with Crippen LogP contribution in [0.2, 0.25) is 0 Å². The molecule has 1 aromatic heterocycles. The molecule has 0 fully saturated rings. The van der Waals surface area contributed by atoms with Gasteiger partial charge < -0.3 is 14.5 Å². The zero-order valence-electron chi connectivity index (χ0n) is 17.1. The molecule has 1 heterocycles. The van der Waals surface area contributed by atoms with Crippen LogP contribution in [0.3, 0.4) is 0 Å². The molecule has 0 bridgehead atoms. The van der Waals surface area contributed by atoms with Crippen LogP contribution in [0.5, 0.6) is 5.75 Å². The van der Waals surface area contributed by atoms with Crippen molar-refractivity contribution in [2.75, 3.05) is 19.5 Å². The van der Waals surface area contributed by atoms with Gasteiger partial charge in [0, 0.05) is 28.9 Å². The number of likely N-dealkylation sites (N-methyl/N-ethyl adjacent to an activating group) is 1. The van der Waals surface area contributed by atoms with Crippen molar-refractivity contribution in [2.45, 2.75) is 19.5 Å². The maximum absolute atomic E-state index is 13.9. The predicted octanol–water partition coefficient (Wildman–Crippen LogP) is 5.19. The number of hydrogen-bond donors (Lipinski definition) is 1. The summed E-state index contributed by atoms with van der Waals surface area (Å²) < 4.78 is 25.4. The van der Waals surface area contributed by atoms with E-state index in [-0.39, 0.29) is 11.7 Å². The number of ether oxygens (including phenoxy) is 1. The van der Waals surface area contributed by atoms with Gasteiger partial charge in [-0.1, -0.05) is 36.4 Å². The van der Waals surface area contributed by atoms with Gasteiger partial charge in [-0.2, -0.15) is 0 Å². The van der Waals surface area contributed by atoms with E-state index in [0.717, 1.165) is 16.4 Å². The second-order valence-electron chi connectivity index (χ2n) is 7.32. The molecule has 0 saturated heterocycles. The maximum atomic E-state index is 13.9. The first-order chi connectivity index (χ1) is 14.5. The molecule has 0 aliphatic rings. The summed E-state index contributed by atoms with van der Waals surface area (Å²) in [6.45, 7) is 2.10. The Morgan fingerprint density at radius 1 is 1.10 bits per heavy atom. The van der Waals surface area contributed by atoms with Gasteiger partial charge in [0.1, 0.15) is 22.7 Å². The van der Waals surface area contributed by atoms with Gasteiger partial charge in [-0.25, -0.2) is 4.39 Å². The number of nitrogens with one attached hydrogen (secondary N) is 1. The summed E-state index contributed by atoms with van der Waals surface area (Å²) in [4.78, 5) is 14.7. The fraction of sp³-hybridized carbons (Fsp3) is 0.208. The van der Waals surface area contributed by atoms with Crippen LogP contribution >= 0.6 is 0 Å². The van der Waals surface area contributed by atoms with Crippen LogP contribution in [-0.2, 0) is 11.3 Å². The fourth-order valence-corrected chi connectivity index (χ4v) is 3.49. The minimum atomic E-state index is -0.485. The highest BCUT2D eigenvalue weighted by atomic mass is 19.1. The second kappa shape index (κ2) is 8.16. The Balaban J connectivity index is 1.57. The summed E-state index contributed by atoms with van der Waals surface area (Å²) in [5.41, 5.74) is 2.51. The molecule has 154 valence electrons. The summed E-state index contributed by atoms with van der Waals surface area (Å²) in [7, 11) is 3.35. The summed E-state index contributed by atoms with van der Waals surface area (Å²) in [6, 6.07) is 17.5. The van der Waals surface area contributed by atoms with Crippen molar-refractivity contribution in [3.8, 4) is 5.75 Å². The molecule has 0 aliphatic carbocycles. The van der Waals surface area contributed by atoms with Crippen molar-refractivity contribution in [1.82, 2.24) is 4.90 Å². The van der Waals surface area contributed by atoms with E-state index in [1.807, 2.05) is 30.3 Å². The summed E-state index contributed by atoms with van der Waals surface area (Å²) in [5.74, 6) is 0.0444. The van der Waals surface area contributed by atoms with Gasteiger partial charge in [-0.3, -0.25) is 9.69 Å². The average Bonchev–Trinajstić information content (AvgIpc) is 3.11. The smallest absolute Gasteiger partial charge is 0.241 e. The van der Waals surface area contributed by atoms with Gasteiger partial charge in [0.15, 0.2) is 0 Å². The van der Waals surface area contributed by atoms with E-state index in [0.29, 0.717) is 29.1 Å². The van der Waals surface area contributed by atoms with Crippen molar-refractivity contribution in [3.05, 3.63) is 72.0 Å². The number of benzene rings is 3. The molecule has 5 nitrogen and oxygen atoms in total. The first-order valence-corrected chi connectivity index (χ1v) is 9.71. The van der Waals surface area contributed by atoms with Crippen molar-refractivity contribution in [3.63, 3.8) is 0 Å². The van der Waals surface area contributed by atoms with E-state index in [1.54, 1.807) is 50.2 Å². The molecule has 4 aromatic rings. The topological polar surface area (TPSA) is 54.7 Å². The lowest BCUT2D eigenvalue weighted by Crippen LogP contribution is -2.39. The zero-order chi connectivity index (χ0) is 21.3. The quantitative estimate of drug-likeness (QED) is 0.479. The largest absolute Gasteiger partial charge is 0.495 e. The molecule has 30 heavy (non-hydrogen) atoms. The van der Waals surface area contributed by atoms with E-state index in [1.165, 1.54) is 6.07 Å². The number of rotatable bonds is 6. The molecular weight excluding hydrogens is 383 g/mol. The molecule has 4 rings (SSSR count). The number of carbonyl (C=O) groups is 1. The molecule has 0 unspecified atom stereocenters.